The highest BCUT2D eigenvalue weighted by atomic mass is 32.1. The van der Waals surface area contributed by atoms with Crippen molar-refractivity contribution >= 4 is 70.2 Å². The predicted octanol–water partition coefficient (Wildman–Crippen LogP) is 12.6. The first-order valence-electron chi connectivity index (χ1n) is 15.5. The van der Waals surface area contributed by atoms with E-state index >= 15 is 0 Å². The summed E-state index contributed by atoms with van der Waals surface area (Å²) < 4.78 is 1.25. The zero-order chi connectivity index (χ0) is 30.5. The highest BCUT2D eigenvalue weighted by Crippen LogP contribution is 2.45. The molecule has 0 bridgehead atoms. The summed E-state index contributed by atoms with van der Waals surface area (Å²) in [4.78, 5) is 8.22. The van der Waals surface area contributed by atoms with E-state index in [0.717, 1.165) is 21.9 Å². The molecule has 7 aromatic carbocycles. The number of nitrogens with zero attached hydrogens (tertiary/aromatic N) is 2. The third-order valence-electron chi connectivity index (χ3n) is 8.94. The van der Waals surface area contributed by atoms with E-state index < -0.39 is 0 Å². The van der Waals surface area contributed by atoms with Crippen molar-refractivity contribution in [2.75, 3.05) is 4.90 Å². The van der Waals surface area contributed by atoms with Gasteiger partial charge in [-0.05, 0) is 86.3 Å². The Morgan fingerprint density at radius 2 is 1.04 bits per heavy atom. The molecule has 0 aliphatic heterocycles. The molecule has 0 saturated carbocycles. The number of rotatable bonds is 5. The lowest BCUT2D eigenvalue weighted by Crippen LogP contribution is -2.10. The molecule has 0 aliphatic rings. The summed E-state index contributed by atoms with van der Waals surface area (Å²) >= 11 is 1.75. The van der Waals surface area contributed by atoms with E-state index in [2.05, 4.69) is 169 Å². The van der Waals surface area contributed by atoms with Crippen LogP contribution in [0.25, 0.3) is 64.1 Å². The van der Waals surface area contributed by atoms with Crippen molar-refractivity contribution in [2.24, 2.45) is 0 Å². The minimum atomic E-state index is 1.05. The molecule has 0 amide bonds. The van der Waals surface area contributed by atoms with E-state index in [-0.39, 0.29) is 0 Å². The lowest BCUT2D eigenvalue weighted by atomic mass is 9.93. The molecular weight excluding hydrogens is 577 g/mol. The average Bonchev–Trinajstić information content (AvgIpc) is 3.52. The van der Waals surface area contributed by atoms with Crippen molar-refractivity contribution in [1.82, 2.24) is 4.98 Å². The van der Waals surface area contributed by atoms with Gasteiger partial charge in [0.1, 0.15) is 4.83 Å². The van der Waals surface area contributed by atoms with Crippen LogP contribution in [0.15, 0.2) is 170 Å². The Kier molecular flexibility index (Phi) is 6.36. The first-order chi connectivity index (χ1) is 22.8. The summed E-state index contributed by atoms with van der Waals surface area (Å²) in [5.74, 6) is 0. The van der Waals surface area contributed by atoms with Crippen LogP contribution in [0, 0.1) is 0 Å². The number of aromatic nitrogens is 1. The van der Waals surface area contributed by atoms with E-state index in [1.165, 1.54) is 59.3 Å². The van der Waals surface area contributed by atoms with Crippen molar-refractivity contribution in [3.8, 4) is 22.3 Å². The number of hydrogen-bond donors (Lipinski definition) is 0. The van der Waals surface area contributed by atoms with Gasteiger partial charge in [0.15, 0.2) is 0 Å². The lowest BCUT2D eigenvalue weighted by Gasteiger charge is -2.27. The molecule has 2 aromatic heterocycles. The molecule has 2 nitrogen and oxygen atoms in total. The fourth-order valence-corrected chi connectivity index (χ4v) is 7.83. The second kappa shape index (κ2) is 11.0. The van der Waals surface area contributed by atoms with Crippen molar-refractivity contribution in [1.29, 1.82) is 0 Å². The number of benzene rings is 7. The van der Waals surface area contributed by atoms with Crippen LogP contribution in [-0.2, 0) is 0 Å². The van der Waals surface area contributed by atoms with Crippen molar-refractivity contribution in [2.45, 2.75) is 0 Å². The summed E-state index contributed by atoms with van der Waals surface area (Å²) in [5, 5.41) is 7.50. The number of fused-ring (bicyclic) bond motifs is 6. The zero-order valence-electron chi connectivity index (χ0n) is 25.0. The van der Waals surface area contributed by atoms with Gasteiger partial charge in [0.25, 0.3) is 0 Å². The average molecular weight is 605 g/mol. The molecule has 3 heteroatoms. The van der Waals surface area contributed by atoms with E-state index in [0.29, 0.717) is 0 Å². The van der Waals surface area contributed by atoms with Gasteiger partial charge in [-0.15, -0.1) is 11.3 Å². The lowest BCUT2D eigenvalue weighted by molar-refractivity contribution is 1.29. The quantitative estimate of drug-likeness (QED) is 0.182. The Morgan fingerprint density at radius 3 is 1.80 bits per heavy atom. The molecule has 9 aromatic rings. The van der Waals surface area contributed by atoms with Crippen LogP contribution in [0.4, 0.5) is 17.1 Å². The second-order valence-corrected chi connectivity index (χ2v) is 12.6. The molecular formula is C43H28N2S. The third kappa shape index (κ3) is 4.44. The predicted molar refractivity (Wildman–Crippen MR) is 198 cm³/mol. The van der Waals surface area contributed by atoms with E-state index in [4.69, 9.17) is 4.98 Å². The van der Waals surface area contributed by atoms with Gasteiger partial charge in [-0.1, -0.05) is 121 Å². The fraction of sp³-hybridized carbons (Fsp3) is 0. The van der Waals surface area contributed by atoms with Crippen LogP contribution >= 0.6 is 11.3 Å². The molecule has 216 valence electrons. The molecule has 0 saturated heterocycles. The summed E-state index contributed by atoms with van der Waals surface area (Å²) in [5.41, 5.74) is 8.18. The molecule has 0 atom stereocenters. The molecule has 0 N–H and O–H groups in total. The normalized spacial score (nSPS) is 11.5. The molecule has 46 heavy (non-hydrogen) atoms. The maximum absolute atomic E-state index is 4.80. The third-order valence-corrected chi connectivity index (χ3v) is 10.0. The highest BCUT2D eigenvalue weighted by Gasteiger charge is 2.19. The number of hydrogen-bond acceptors (Lipinski definition) is 3. The van der Waals surface area contributed by atoms with Crippen LogP contribution in [0.1, 0.15) is 0 Å². The molecule has 0 fully saturated rings. The van der Waals surface area contributed by atoms with Gasteiger partial charge in [-0.25, -0.2) is 4.98 Å². The number of anilines is 3. The van der Waals surface area contributed by atoms with Gasteiger partial charge in [-0.2, -0.15) is 0 Å². The number of thiophene rings is 1. The van der Waals surface area contributed by atoms with Crippen LogP contribution in [-0.4, -0.2) is 4.98 Å². The monoisotopic (exact) mass is 604 g/mol. The highest BCUT2D eigenvalue weighted by molar-refractivity contribution is 7.25. The van der Waals surface area contributed by atoms with Gasteiger partial charge in [-0.3, -0.25) is 0 Å². The molecule has 0 spiro atoms. The minimum Gasteiger partial charge on any atom is -0.310 e. The molecule has 0 aliphatic carbocycles. The standard InChI is InChI=1S/C43H28N2S/c1-2-10-29(11-3-1)30-18-22-33(23-19-30)45(40-26-27-44-43-42(40)38-16-8-9-17-41(38)46-43)34-24-20-31(21-25-34)39-28-32-12-4-5-13-35(32)36-14-6-7-15-37(36)39/h1-28H. The zero-order valence-corrected chi connectivity index (χ0v) is 25.8. The van der Waals surface area contributed by atoms with Crippen LogP contribution in [0.3, 0.4) is 0 Å². The van der Waals surface area contributed by atoms with Gasteiger partial charge in [0.05, 0.1) is 5.69 Å². The largest absolute Gasteiger partial charge is 0.310 e. The van der Waals surface area contributed by atoms with Crippen LogP contribution in [0.2, 0.25) is 0 Å². The van der Waals surface area contributed by atoms with Crippen molar-refractivity contribution in [3.05, 3.63) is 170 Å². The second-order valence-electron chi connectivity index (χ2n) is 11.6. The maximum Gasteiger partial charge on any atom is 0.126 e. The van der Waals surface area contributed by atoms with Crippen molar-refractivity contribution in [3.63, 3.8) is 0 Å². The Balaban J connectivity index is 1.22. The van der Waals surface area contributed by atoms with Gasteiger partial charge >= 0.3 is 0 Å². The Hall–Kier alpha value is -5.77. The molecule has 9 rings (SSSR count). The summed E-state index contributed by atoms with van der Waals surface area (Å²) in [7, 11) is 0. The molecule has 0 unspecified atom stereocenters. The smallest absolute Gasteiger partial charge is 0.126 e. The van der Waals surface area contributed by atoms with Crippen LogP contribution < -0.4 is 4.90 Å². The van der Waals surface area contributed by atoms with Gasteiger partial charge in [0.2, 0.25) is 0 Å². The minimum absolute atomic E-state index is 1.05. The summed E-state index contributed by atoms with van der Waals surface area (Å²) in [6.45, 7) is 0. The van der Waals surface area contributed by atoms with Gasteiger partial charge < -0.3 is 4.90 Å². The maximum atomic E-state index is 4.80. The topological polar surface area (TPSA) is 16.1 Å². The Bertz CT molecular complexity index is 2510. The van der Waals surface area contributed by atoms with E-state index in [9.17, 15) is 0 Å². The van der Waals surface area contributed by atoms with Crippen molar-refractivity contribution < 1.29 is 0 Å². The summed E-state index contributed by atoms with van der Waals surface area (Å²) in [6, 6.07) is 59.0. The Morgan fingerprint density at radius 1 is 0.457 bits per heavy atom. The molecule has 2 heterocycles. The first kappa shape index (κ1) is 26.6. The fourth-order valence-electron chi connectivity index (χ4n) is 6.76. The van der Waals surface area contributed by atoms with E-state index in [1.807, 2.05) is 6.20 Å². The van der Waals surface area contributed by atoms with Gasteiger partial charge in [0, 0.05) is 33.0 Å². The molecule has 0 radical (unpaired) electrons. The summed E-state index contributed by atoms with van der Waals surface area (Å²) in [6.07, 6.45) is 1.94. The number of pyridine rings is 1. The first-order valence-corrected chi connectivity index (χ1v) is 16.4. The SMILES string of the molecule is c1ccc(-c2ccc(N(c3ccc(-c4cc5ccccc5c5ccccc45)cc3)c3ccnc4sc5ccccc5c34)cc2)cc1. The Labute approximate surface area is 271 Å². The van der Waals surface area contributed by atoms with E-state index in [1.54, 1.807) is 11.3 Å². The van der Waals surface area contributed by atoms with Crippen LogP contribution in [0.5, 0.6) is 0 Å².